The maximum atomic E-state index is 14.9. The van der Waals surface area contributed by atoms with Crippen molar-refractivity contribution in [2.75, 3.05) is 18.2 Å². The zero-order chi connectivity index (χ0) is 28.4. The van der Waals surface area contributed by atoms with Crippen LogP contribution in [0.15, 0.2) is 52.9 Å². The van der Waals surface area contributed by atoms with Crippen molar-refractivity contribution >= 4 is 46.3 Å². The van der Waals surface area contributed by atoms with Crippen molar-refractivity contribution in [1.29, 1.82) is 0 Å². The molecule has 0 aliphatic carbocycles. The Labute approximate surface area is 226 Å². The van der Waals surface area contributed by atoms with Crippen molar-refractivity contribution in [2.24, 2.45) is 5.11 Å². The van der Waals surface area contributed by atoms with E-state index in [1.165, 1.54) is 18.2 Å². The van der Waals surface area contributed by atoms with Gasteiger partial charge in [0.2, 0.25) is 5.95 Å². The van der Waals surface area contributed by atoms with Crippen LogP contribution in [0.25, 0.3) is 32.6 Å². The molecule has 0 unspecified atom stereocenters. The molecule has 0 fully saturated rings. The number of nitrogens with one attached hydrogen (secondary N) is 1. The minimum absolute atomic E-state index is 0.0687. The molecule has 0 radical (unpaired) electrons. The van der Waals surface area contributed by atoms with E-state index in [4.69, 9.17) is 10.3 Å². The van der Waals surface area contributed by atoms with Crippen molar-refractivity contribution < 1.29 is 17.5 Å². The van der Waals surface area contributed by atoms with E-state index < -0.39 is 28.6 Å². The van der Waals surface area contributed by atoms with Crippen LogP contribution in [0.4, 0.5) is 21.8 Å². The molecule has 0 bridgehead atoms. The van der Waals surface area contributed by atoms with Gasteiger partial charge in [0.15, 0.2) is 21.5 Å². The van der Waals surface area contributed by atoms with Crippen LogP contribution in [0.2, 0.25) is 25.7 Å². The summed E-state index contributed by atoms with van der Waals surface area (Å²) in [5, 5.41) is 7.30. The van der Waals surface area contributed by atoms with Crippen LogP contribution < -0.4 is 5.32 Å². The lowest BCUT2D eigenvalue weighted by Crippen LogP contribution is -2.21. The van der Waals surface area contributed by atoms with Gasteiger partial charge in [0.1, 0.15) is 11.6 Å². The van der Waals surface area contributed by atoms with Crippen LogP contribution in [0, 0.1) is 12.7 Å². The predicted octanol–water partition coefficient (Wildman–Crippen LogP) is 6.34. The number of sulfone groups is 1. The van der Waals surface area contributed by atoms with E-state index in [1.807, 2.05) is 17.7 Å². The van der Waals surface area contributed by atoms with Gasteiger partial charge in [0.05, 0.1) is 16.9 Å². The fourth-order valence-electron chi connectivity index (χ4n) is 3.97. The summed E-state index contributed by atoms with van der Waals surface area (Å²) in [6.07, 6.45) is 5.93. The molecule has 3 aromatic heterocycles. The maximum absolute atomic E-state index is 14.9. The Kier molecular flexibility index (Phi) is 8.02. The second-order valence-electron chi connectivity index (χ2n) is 10.3. The van der Waals surface area contributed by atoms with E-state index in [2.05, 4.69) is 49.9 Å². The summed E-state index contributed by atoms with van der Waals surface area (Å²) in [4.78, 5) is 15.6. The van der Waals surface area contributed by atoms with Gasteiger partial charge >= 0.3 is 0 Å². The molecule has 3 heterocycles. The summed E-state index contributed by atoms with van der Waals surface area (Å²) < 4.78 is 46.6. The SMILES string of the molecule is Cc1cnc(Nc2cccc(S(C)(=O)=O)c2F)nc1-c1cn(COCC[Si](C)(C)C)c2c(N=[N+]=[N-])nccc12. The van der Waals surface area contributed by atoms with Crippen LogP contribution >= 0.6 is 0 Å². The van der Waals surface area contributed by atoms with Gasteiger partial charge in [-0.2, -0.15) is 0 Å². The molecule has 1 N–H and O–H groups in total. The number of pyridine rings is 1. The van der Waals surface area contributed by atoms with Gasteiger partial charge in [-0.05, 0) is 47.4 Å². The van der Waals surface area contributed by atoms with E-state index in [0.717, 1.165) is 23.2 Å². The Hall–Kier alpha value is -3.84. The van der Waals surface area contributed by atoms with Crippen LogP contribution in [0.3, 0.4) is 0 Å². The van der Waals surface area contributed by atoms with Gasteiger partial charge in [0.25, 0.3) is 0 Å². The van der Waals surface area contributed by atoms with Crippen molar-refractivity contribution in [1.82, 2.24) is 19.5 Å². The van der Waals surface area contributed by atoms with E-state index in [-0.39, 0.29) is 24.2 Å². The van der Waals surface area contributed by atoms with Gasteiger partial charge in [-0.25, -0.2) is 22.8 Å². The Bertz CT molecular complexity index is 1700. The number of ether oxygens (including phenoxy) is 1. The van der Waals surface area contributed by atoms with Crippen LogP contribution in [0.5, 0.6) is 0 Å². The number of hydrogen-bond acceptors (Lipinski definition) is 8. The summed E-state index contributed by atoms with van der Waals surface area (Å²) in [7, 11) is -5.04. The molecule has 0 amide bonds. The van der Waals surface area contributed by atoms with Crippen molar-refractivity contribution in [3.8, 4) is 11.3 Å². The number of aryl methyl sites for hydroxylation is 1. The van der Waals surface area contributed by atoms with Crippen molar-refractivity contribution in [3.63, 3.8) is 0 Å². The maximum Gasteiger partial charge on any atom is 0.227 e. The van der Waals surface area contributed by atoms with E-state index in [0.29, 0.717) is 23.4 Å². The monoisotopic (exact) mass is 568 g/mol. The first-order valence-corrected chi connectivity index (χ1v) is 17.7. The Balaban J connectivity index is 1.76. The zero-order valence-electron chi connectivity index (χ0n) is 22.3. The molecule has 0 spiro atoms. The van der Waals surface area contributed by atoms with Crippen LogP contribution in [-0.2, 0) is 21.3 Å². The molecule has 4 rings (SSSR count). The number of hydrogen-bond donors (Lipinski definition) is 1. The number of fused-ring (bicyclic) bond motifs is 1. The van der Waals surface area contributed by atoms with Crippen LogP contribution in [-0.4, -0.2) is 48.9 Å². The van der Waals surface area contributed by atoms with Crippen molar-refractivity contribution in [2.45, 2.75) is 44.2 Å². The number of anilines is 2. The fraction of sp³-hybridized carbons (Fsp3) is 0.320. The number of rotatable bonds is 10. The first-order chi connectivity index (χ1) is 18.4. The molecular formula is C25H29FN8O3SSi. The van der Waals surface area contributed by atoms with E-state index in [9.17, 15) is 12.8 Å². The molecule has 14 heteroatoms. The lowest BCUT2D eigenvalue weighted by Gasteiger charge is -2.16. The molecule has 39 heavy (non-hydrogen) atoms. The summed E-state index contributed by atoms with van der Waals surface area (Å²) in [6, 6.07) is 6.85. The quantitative estimate of drug-likeness (QED) is 0.0771. The molecule has 0 saturated heterocycles. The molecule has 0 saturated carbocycles. The zero-order valence-corrected chi connectivity index (χ0v) is 24.1. The number of halogens is 1. The average Bonchev–Trinajstić information content (AvgIpc) is 3.22. The molecule has 204 valence electrons. The normalized spacial score (nSPS) is 11.9. The molecule has 1 aromatic carbocycles. The molecule has 0 aliphatic heterocycles. The van der Waals surface area contributed by atoms with E-state index >= 15 is 0 Å². The highest BCUT2D eigenvalue weighted by atomic mass is 32.2. The predicted molar refractivity (Wildman–Crippen MR) is 151 cm³/mol. The van der Waals surface area contributed by atoms with Gasteiger partial charge < -0.3 is 14.6 Å². The first-order valence-electron chi connectivity index (χ1n) is 12.1. The van der Waals surface area contributed by atoms with Crippen molar-refractivity contribution in [3.05, 3.63) is 64.7 Å². The Morgan fingerprint density at radius 2 is 2.00 bits per heavy atom. The van der Waals surface area contributed by atoms with Gasteiger partial charge in [-0.1, -0.05) is 25.7 Å². The standard InChI is InChI=1S/C25H29FN8O3SSi/c1-16-13-29-25(30-19-7-6-8-20(21(19)26)38(2,35)36)31-22(16)18-14-34(15-37-11-12-39(3,4)5)23-17(18)9-10-28-24(23)32-33-27/h6-10,13-14H,11-12,15H2,1-5H3,(H,29,30,31). The number of azide groups is 1. The highest BCUT2D eigenvalue weighted by molar-refractivity contribution is 7.90. The molecule has 11 nitrogen and oxygen atoms in total. The van der Waals surface area contributed by atoms with Gasteiger partial charge in [-0.3, -0.25) is 4.98 Å². The first kappa shape index (κ1) is 28.2. The second-order valence-corrected chi connectivity index (χ2v) is 17.9. The summed E-state index contributed by atoms with van der Waals surface area (Å²) in [5.74, 6) is -0.626. The smallest absolute Gasteiger partial charge is 0.227 e. The molecule has 4 aromatic rings. The van der Waals surface area contributed by atoms with Crippen LogP contribution in [0.1, 0.15) is 5.56 Å². The second kappa shape index (κ2) is 11.1. The molecule has 0 atom stereocenters. The minimum atomic E-state index is -3.76. The summed E-state index contributed by atoms with van der Waals surface area (Å²) in [5.41, 5.74) is 11.6. The summed E-state index contributed by atoms with van der Waals surface area (Å²) in [6.45, 7) is 9.48. The molecule has 0 aliphatic rings. The Morgan fingerprint density at radius 1 is 1.23 bits per heavy atom. The highest BCUT2D eigenvalue weighted by Crippen LogP contribution is 2.36. The number of aromatic nitrogens is 4. The minimum Gasteiger partial charge on any atom is -0.361 e. The Morgan fingerprint density at radius 3 is 2.69 bits per heavy atom. The highest BCUT2D eigenvalue weighted by Gasteiger charge is 2.20. The fourth-order valence-corrected chi connectivity index (χ4v) is 5.49. The van der Waals surface area contributed by atoms with Gasteiger partial charge in [0, 0.05) is 55.4 Å². The third kappa shape index (κ3) is 6.42. The molecular weight excluding hydrogens is 539 g/mol. The largest absolute Gasteiger partial charge is 0.361 e. The van der Waals surface area contributed by atoms with E-state index in [1.54, 1.807) is 18.5 Å². The number of benzene rings is 1. The third-order valence-corrected chi connectivity index (χ3v) is 8.79. The summed E-state index contributed by atoms with van der Waals surface area (Å²) >= 11 is 0. The lowest BCUT2D eigenvalue weighted by atomic mass is 10.1. The topological polar surface area (TPSA) is 148 Å². The third-order valence-electron chi connectivity index (χ3n) is 5.97. The average molecular weight is 569 g/mol. The van der Waals surface area contributed by atoms with Gasteiger partial charge in [-0.15, -0.1) is 0 Å². The lowest BCUT2D eigenvalue weighted by molar-refractivity contribution is 0.0903. The number of nitrogens with zero attached hydrogens (tertiary/aromatic N) is 7.